The van der Waals surface area contributed by atoms with Gasteiger partial charge in [-0.1, -0.05) is 36.4 Å². The van der Waals surface area contributed by atoms with E-state index in [0.717, 1.165) is 6.07 Å². The number of primary amides is 1. The number of carbonyl (C=O) groups excluding carboxylic acids is 2. The Morgan fingerprint density at radius 2 is 1.78 bits per heavy atom. The summed E-state index contributed by atoms with van der Waals surface area (Å²) in [7, 11) is 0. The molecule has 168 valence electrons. The number of alkyl halides is 3. The van der Waals surface area contributed by atoms with Crippen molar-refractivity contribution < 1.29 is 27.7 Å². The van der Waals surface area contributed by atoms with Crippen LogP contribution in [-0.4, -0.2) is 46.1 Å². The summed E-state index contributed by atoms with van der Waals surface area (Å²) < 4.78 is 39.6. The third-order valence-corrected chi connectivity index (χ3v) is 4.71. The number of anilines is 1. The summed E-state index contributed by atoms with van der Waals surface area (Å²) in [5.74, 6) is -1.90. The summed E-state index contributed by atoms with van der Waals surface area (Å²) in [6, 6.07) is 12.4. The fourth-order valence-electron chi connectivity index (χ4n) is 3.31. The number of benzene rings is 2. The molecule has 0 fully saturated rings. The van der Waals surface area contributed by atoms with E-state index in [1.165, 1.54) is 23.2 Å². The molecule has 2 aromatic rings. The van der Waals surface area contributed by atoms with E-state index in [1.807, 2.05) is 0 Å². The molecule has 1 aliphatic rings. The summed E-state index contributed by atoms with van der Waals surface area (Å²) in [6.45, 7) is -2.31. The van der Waals surface area contributed by atoms with Crippen molar-refractivity contribution in [2.24, 2.45) is 10.8 Å². The molecule has 32 heavy (non-hydrogen) atoms. The van der Waals surface area contributed by atoms with Gasteiger partial charge in [0.05, 0.1) is 17.2 Å². The Balaban J connectivity index is 1.94. The van der Waals surface area contributed by atoms with Crippen molar-refractivity contribution in [2.45, 2.75) is 25.2 Å². The Morgan fingerprint density at radius 1 is 1.16 bits per heavy atom. The topological polar surface area (TPSA) is 122 Å². The van der Waals surface area contributed by atoms with Crippen LogP contribution in [0.1, 0.15) is 12.0 Å². The van der Waals surface area contributed by atoms with Crippen molar-refractivity contribution in [3.8, 4) is 0 Å². The summed E-state index contributed by atoms with van der Waals surface area (Å²) in [4.78, 5) is 35.8. The van der Waals surface area contributed by atoms with Gasteiger partial charge in [0.25, 0.3) is 11.6 Å². The monoisotopic (exact) mass is 449 g/mol. The van der Waals surface area contributed by atoms with Gasteiger partial charge < -0.3 is 10.6 Å². The second-order valence-electron chi connectivity index (χ2n) is 7.01. The molecule has 1 atom stereocenters. The minimum atomic E-state index is -4.76. The molecule has 0 bridgehead atoms. The number of para-hydroxylation sites is 2. The van der Waals surface area contributed by atoms with Gasteiger partial charge in [-0.2, -0.15) is 18.3 Å². The van der Waals surface area contributed by atoms with Gasteiger partial charge in [0, 0.05) is 18.1 Å². The molecule has 0 saturated carbocycles. The van der Waals surface area contributed by atoms with Crippen LogP contribution in [-0.2, 0) is 16.1 Å². The van der Waals surface area contributed by atoms with Crippen LogP contribution >= 0.6 is 0 Å². The molecule has 2 aromatic carbocycles. The predicted octanol–water partition coefficient (Wildman–Crippen LogP) is 2.61. The summed E-state index contributed by atoms with van der Waals surface area (Å²) in [5.41, 5.74) is 5.05. The minimum absolute atomic E-state index is 0.0694. The van der Waals surface area contributed by atoms with Gasteiger partial charge in [-0.05, 0) is 12.1 Å². The Bertz CT molecular complexity index is 1060. The van der Waals surface area contributed by atoms with Crippen LogP contribution in [0.25, 0.3) is 0 Å². The molecule has 0 radical (unpaired) electrons. The molecular formula is C20H18F3N5O4. The molecule has 1 unspecified atom stereocenters. The highest BCUT2D eigenvalue weighted by atomic mass is 19.4. The SMILES string of the molecule is NC(=O)C1CC(C(=O)N(Cc2ccccc2[N+](=O)[O-])CC(F)(F)F)=NN1c1ccccc1. The maximum atomic E-state index is 13.2. The lowest BCUT2D eigenvalue weighted by Crippen LogP contribution is -2.43. The largest absolute Gasteiger partial charge is 0.406 e. The molecule has 9 nitrogen and oxygen atoms in total. The van der Waals surface area contributed by atoms with E-state index in [1.54, 1.807) is 30.3 Å². The van der Waals surface area contributed by atoms with Crippen molar-refractivity contribution in [1.29, 1.82) is 0 Å². The number of amides is 2. The van der Waals surface area contributed by atoms with Crippen LogP contribution in [0, 0.1) is 10.1 Å². The fourth-order valence-corrected chi connectivity index (χ4v) is 3.31. The van der Waals surface area contributed by atoms with Gasteiger partial charge in [-0.15, -0.1) is 0 Å². The van der Waals surface area contributed by atoms with Gasteiger partial charge in [-0.3, -0.25) is 24.7 Å². The van der Waals surface area contributed by atoms with E-state index in [-0.39, 0.29) is 17.7 Å². The van der Waals surface area contributed by atoms with Gasteiger partial charge >= 0.3 is 6.18 Å². The molecule has 2 N–H and O–H groups in total. The first kappa shape index (κ1) is 22.7. The van der Waals surface area contributed by atoms with Crippen LogP contribution in [0.15, 0.2) is 59.7 Å². The number of nitrogens with two attached hydrogens (primary N) is 1. The molecule has 3 rings (SSSR count). The standard InChI is InChI=1S/C20H18F3N5O4/c21-20(22,23)12-26(11-13-6-4-5-9-16(13)28(31)32)19(30)15-10-17(18(24)29)27(25-15)14-7-2-1-3-8-14/h1-9,17H,10-12H2,(H2,24,29). The van der Waals surface area contributed by atoms with E-state index >= 15 is 0 Å². The average molecular weight is 449 g/mol. The zero-order chi connectivity index (χ0) is 23.5. The molecule has 0 saturated heterocycles. The number of carbonyl (C=O) groups is 2. The van der Waals surface area contributed by atoms with Crippen LogP contribution in [0.2, 0.25) is 0 Å². The van der Waals surface area contributed by atoms with Crippen molar-refractivity contribution in [1.82, 2.24) is 4.90 Å². The first-order valence-corrected chi connectivity index (χ1v) is 9.36. The maximum Gasteiger partial charge on any atom is 0.406 e. The van der Waals surface area contributed by atoms with Gasteiger partial charge in [0.2, 0.25) is 5.91 Å². The molecule has 1 heterocycles. The number of rotatable bonds is 7. The molecule has 1 aliphatic heterocycles. The van der Waals surface area contributed by atoms with Gasteiger partial charge in [-0.25, -0.2) is 0 Å². The molecule has 0 spiro atoms. The summed E-state index contributed by atoms with van der Waals surface area (Å²) >= 11 is 0. The number of nitro benzene ring substituents is 1. The molecule has 0 aliphatic carbocycles. The van der Waals surface area contributed by atoms with E-state index in [4.69, 9.17) is 5.73 Å². The normalized spacial score (nSPS) is 15.9. The Hall–Kier alpha value is -3.96. The first-order chi connectivity index (χ1) is 15.1. The molecular weight excluding hydrogens is 431 g/mol. The maximum absolute atomic E-state index is 13.2. The molecule has 2 amide bonds. The number of halogens is 3. The number of hydrogen-bond acceptors (Lipinski definition) is 6. The smallest absolute Gasteiger partial charge is 0.368 e. The highest BCUT2D eigenvalue weighted by molar-refractivity contribution is 6.40. The van der Waals surface area contributed by atoms with Crippen LogP contribution in [0.5, 0.6) is 0 Å². The number of nitrogens with zero attached hydrogens (tertiary/aromatic N) is 4. The van der Waals surface area contributed by atoms with Crippen LogP contribution in [0.4, 0.5) is 24.5 Å². The fraction of sp³-hybridized carbons (Fsp3) is 0.250. The summed E-state index contributed by atoms with van der Waals surface area (Å²) in [5, 5.41) is 16.5. The summed E-state index contributed by atoms with van der Waals surface area (Å²) in [6.07, 6.45) is -5.06. The Labute approximate surface area is 180 Å². The molecule has 12 heteroatoms. The minimum Gasteiger partial charge on any atom is -0.368 e. The van der Waals surface area contributed by atoms with E-state index in [9.17, 15) is 32.9 Å². The van der Waals surface area contributed by atoms with Gasteiger partial charge in [0.15, 0.2) is 0 Å². The highest BCUT2D eigenvalue weighted by Crippen LogP contribution is 2.27. The second-order valence-corrected chi connectivity index (χ2v) is 7.01. The predicted molar refractivity (Wildman–Crippen MR) is 109 cm³/mol. The van der Waals surface area contributed by atoms with Crippen molar-refractivity contribution in [3.05, 3.63) is 70.3 Å². The van der Waals surface area contributed by atoms with Gasteiger partial charge in [0.1, 0.15) is 18.3 Å². The quantitative estimate of drug-likeness (QED) is 0.514. The lowest BCUT2D eigenvalue weighted by atomic mass is 10.1. The second kappa shape index (κ2) is 9.04. The Kier molecular flexibility index (Phi) is 6.42. The van der Waals surface area contributed by atoms with Crippen molar-refractivity contribution in [3.63, 3.8) is 0 Å². The number of hydrogen-bond donors (Lipinski definition) is 1. The zero-order valence-electron chi connectivity index (χ0n) is 16.5. The number of hydrazone groups is 1. The highest BCUT2D eigenvalue weighted by Gasteiger charge is 2.40. The zero-order valence-corrected chi connectivity index (χ0v) is 16.5. The molecule has 0 aromatic heterocycles. The van der Waals surface area contributed by atoms with Crippen LogP contribution in [0.3, 0.4) is 0 Å². The third kappa shape index (κ3) is 5.20. The van der Waals surface area contributed by atoms with Crippen LogP contribution < -0.4 is 10.7 Å². The average Bonchev–Trinajstić information content (AvgIpc) is 3.18. The lowest BCUT2D eigenvalue weighted by molar-refractivity contribution is -0.385. The van der Waals surface area contributed by atoms with E-state index < -0.39 is 47.7 Å². The van der Waals surface area contributed by atoms with E-state index in [2.05, 4.69) is 5.10 Å². The van der Waals surface area contributed by atoms with Crippen molar-refractivity contribution in [2.75, 3.05) is 11.6 Å². The Morgan fingerprint density at radius 3 is 2.38 bits per heavy atom. The lowest BCUT2D eigenvalue weighted by Gasteiger charge is -2.23. The third-order valence-electron chi connectivity index (χ3n) is 4.71. The number of nitro groups is 1. The first-order valence-electron chi connectivity index (χ1n) is 9.36. The van der Waals surface area contributed by atoms with E-state index in [0.29, 0.717) is 10.6 Å². The van der Waals surface area contributed by atoms with Crippen molar-refractivity contribution >= 4 is 28.9 Å².